The number of carbonyl (C=O) groups excluding carboxylic acids is 2. The van der Waals surface area contributed by atoms with Gasteiger partial charge in [-0.2, -0.15) is 0 Å². The van der Waals surface area contributed by atoms with Crippen LogP contribution in [0, 0.1) is 0 Å². The monoisotopic (exact) mass is 462 g/mol. The van der Waals surface area contributed by atoms with Gasteiger partial charge >= 0.3 is 0 Å². The molecular weight excluding hydrogens is 432 g/mol. The van der Waals surface area contributed by atoms with Crippen LogP contribution < -0.4 is 10.1 Å². The smallest absolute Gasteiger partial charge is 0.242 e. The van der Waals surface area contributed by atoms with E-state index in [1.165, 1.54) is 0 Å². The van der Waals surface area contributed by atoms with E-state index >= 15 is 0 Å². The molecule has 0 spiro atoms. The molecule has 0 radical (unpaired) electrons. The van der Waals surface area contributed by atoms with Gasteiger partial charge in [0.25, 0.3) is 0 Å². The van der Waals surface area contributed by atoms with Crippen molar-refractivity contribution < 1.29 is 14.3 Å². The van der Waals surface area contributed by atoms with Crippen molar-refractivity contribution >= 4 is 35.2 Å². The second kappa shape index (κ2) is 13.3. The number of hydrogen-bond donors (Lipinski definition) is 1. The molecule has 0 saturated heterocycles. The Balaban J connectivity index is 2.00. The molecule has 0 aliphatic heterocycles. The van der Waals surface area contributed by atoms with Crippen LogP contribution in [0.3, 0.4) is 0 Å². The Bertz CT molecular complexity index is 845. The van der Waals surface area contributed by atoms with E-state index in [1.54, 1.807) is 30.7 Å². The van der Waals surface area contributed by atoms with Gasteiger partial charge in [-0.15, -0.1) is 11.8 Å². The molecule has 0 bridgehead atoms. The first kappa shape index (κ1) is 25.1. The number of nitrogens with zero attached hydrogens (tertiary/aromatic N) is 1. The van der Waals surface area contributed by atoms with Gasteiger partial charge in [-0.05, 0) is 67.5 Å². The number of carbonyl (C=O) groups is 2. The van der Waals surface area contributed by atoms with Crippen molar-refractivity contribution in [3.8, 4) is 5.75 Å². The fourth-order valence-corrected chi connectivity index (χ4v) is 4.01. The molecule has 0 aliphatic carbocycles. The number of ether oxygens (including phenoxy) is 1. The van der Waals surface area contributed by atoms with Gasteiger partial charge in [0.05, 0.1) is 7.11 Å². The standard InChI is InChI=1S/C24H31ClN2O3S/c1-4-14-26-24(29)18(2)27(17-19-7-5-8-21(16-19)30-3)23(28)9-6-15-31-22-12-10-20(25)11-13-22/h5,7-8,10-13,16,18H,4,6,9,14-15,17H2,1-3H3,(H,26,29). The summed E-state index contributed by atoms with van der Waals surface area (Å²) in [7, 11) is 1.61. The lowest BCUT2D eigenvalue weighted by Crippen LogP contribution is -2.47. The molecule has 31 heavy (non-hydrogen) atoms. The normalized spacial score (nSPS) is 11.6. The van der Waals surface area contributed by atoms with Crippen LogP contribution in [-0.4, -0.2) is 42.2 Å². The number of benzene rings is 2. The molecule has 2 rings (SSSR count). The maximum atomic E-state index is 13.1. The predicted molar refractivity (Wildman–Crippen MR) is 128 cm³/mol. The van der Waals surface area contributed by atoms with Crippen LogP contribution in [0.25, 0.3) is 0 Å². The number of hydrogen-bond acceptors (Lipinski definition) is 4. The number of methoxy groups -OCH3 is 1. The Morgan fingerprint density at radius 3 is 2.61 bits per heavy atom. The molecule has 2 aromatic carbocycles. The topological polar surface area (TPSA) is 58.6 Å². The molecule has 1 N–H and O–H groups in total. The summed E-state index contributed by atoms with van der Waals surface area (Å²) < 4.78 is 5.29. The van der Waals surface area contributed by atoms with E-state index in [0.29, 0.717) is 24.5 Å². The first-order valence-electron chi connectivity index (χ1n) is 10.5. The number of halogens is 1. The highest BCUT2D eigenvalue weighted by atomic mass is 35.5. The third kappa shape index (κ3) is 8.46. The Labute approximate surface area is 194 Å². The molecule has 0 heterocycles. The quantitative estimate of drug-likeness (QED) is 0.349. The molecule has 0 fully saturated rings. The second-order valence-corrected chi connectivity index (χ2v) is 8.85. The second-order valence-electron chi connectivity index (χ2n) is 7.25. The van der Waals surface area contributed by atoms with Gasteiger partial charge in [-0.3, -0.25) is 9.59 Å². The summed E-state index contributed by atoms with van der Waals surface area (Å²) in [6, 6.07) is 14.7. The average Bonchev–Trinajstić information content (AvgIpc) is 2.79. The number of amides is 2. The fraction of sp³-hybridized carbons (Fsp3) is 0.417. The average molecular weight is 463 g/mol. The highest BCUT2D eigenvalue weighted by Gasteiger charge is 2.25. The first-order chi connectivity index (χ1) is 14.9. The highest BCUT2D eigenvalue weighted by molar-refractivity contribution is 7.99. The summed E-state index contributed by atoms with van der Waals surface area (Å²) in [5.74, 6) is 1.39. The molecule has 0 aromatic heterocycles. The molecular formula is C24H31ClN2O3S. The van der Waals surface area contributed by atoms with E-state index < -0.39 is 6.04 Å². The van der Waals surface area contributed by atoms with Crippen LogP contribution in [0.2, 0.25) is 5.02 Å². The van der Waals surface area contributed by atoms with Crippen molar-refractivity contribution in [2.24, 2.45) is 0 Å². The molecule has 7 heteroatoms. The van der Waals surface area contributed by atoms with E-state index in [-0.39, 0.29) is 11.8 Å². The van der Waals surface area contributed by atoms with Gasteiger partial charge in [-0.25, -0.2) is 0 Å². The Morgan fingerprint density at radius 1 is 1.19 bits per heavy atom. The SMILES string of the molecule is CCCNC(=O)C(C)N(Cc1cccc(OC)c1)C(=O)CCCSc1ccc(Cl)cc1. The molecule has 2 aromatic rings. The van der Waals surface area contributed by atoms with Gasteiger partial charge in [0.2, 0.25) is 11.8 Å². The molecule has 1 atom stereocenters. The maximum absolute atomic E-state index is 13.1. The van der Waals surface area contributed by atoms with Crippen LogP contribution in [0.15, 0.2) is 53.4 Å². The zero-order chi connectivity index (χ0) is 22.6. The number of nitrogens with one attached hydrogen (secondary N) is 1. The zero-order valence-corrected chi connectivity index (χ0v) is 20.0. The highest BCUT2D eigenvalue weighted by Crippen LogP contribution is 2.22. The lowest BCUT2D eigenvalue weighted by Gasteiger charge is -2.29. The lowest BCUT2D eigenvalue weighted by molar-refractivity contribution is -0.140. The van der Waals surface area contributed by atoms with Gasteiger partial charge in [0.15, 0.2) is 0 Å². The van der Waals surface area contributed by atoms with Crippen LogP contribution in [0.5, 0.6) is 5.75 Å². The van der Waals surface area contributed by atoms with Crippen molar-refractivity contribution in [3.05, 3.63) is 59.1 Å². The van der Waals surface area contributed by atoms with Crippen LogP contribution in [0.4, 0.5) is 0 Å². The number of rotatable bonds is 12. The van der Waals surface area contributed by atoms with Crippen LogP contribution in [0.1, 0.15) is 38.7 Å². The molecule has 168 valence electrons. The Hall–Kier alpha value is -2.18. The summed E-state index contributed by atoms with van der Waals surface area (Å²) in [6.07, 6.45) is 1.96. The molecule has 0 saturated carbocycles. The summed E-state index contributed by atoms with van der Waals surface area (Å²) >= 11 is 7.61. The molecule has 1 unspecified atom stereocenters. The zero-order valence-electron chi connectivity index (χ0n) is 18.4. The summed E-state index contributed by atoms with van der Waals surface area (Å²) in [5.41, 5.74) is 0.929. The Morgan fingerprint density at radius 2 is 1.94 bits per heavy atom. The third-order valence-electron chi connectivity index (χ3n) is 4.82. The molecule has 5 nitrogen and oxygen atoms in total. The minimum absolute atomic E-state index is 0.0290. The minimum atomic E-state index is -0.547. The summed E-state index contributed by atoms with van der Waals surface area (Å²) in [4.78, 5) is 28.4. The van der Waals surface area contributed by atoms with Gasteiger partial charge in [0.1, 0.15) is 11.8 Å². The fourth-order valence-electron chi connectivity index (χ4n) is 3.03. The van der Waals surface area contributed by atoms with Crippen molar-refractivity contribution in [2.75, 3.05) is 19.4 Å². The molecule has 0 aliphatic rings. The Kier molecular flexibility index (Phi) is 10.7. The maximum Gasteiger partial charge on any atom is 0.242 e. The van der Waals surface area contributed by atoms with Crippen molar-refractivity contribution in [1.82, 2.24) is 10.2 Å². The van der Waals surface area contributed by atoms with Gasteiger partial charge in [-0.1, -0.05) is 30.7 Å². The lowest BCUT2D eigenvalue weighted by atomic mass is 10.1. The van der Waals surface area contributed by atoms with Crippen molar-refractivity contribution in [3.63, 3.8) is 0 Å². The van der Waals surface area contributed by atoms with Crippen LogP contribution >= 0.6 is 23.4 Å². The van der Waals surface area contributed by atoms with Crippen LogP contribution in [-0.2, 0) is 16.1 Å². The summed E-state index contributed by atoms with van der Waals surface area (Å²) in [5, 5.41) is 3.61. The third-order valence-corrected chi connectivity index (χ3v) is 6.17. The summed E-state index contributed by atoms with van der Waals surface area (Å²) in [6.45, 7) is 4.75. The van der Waals surface area contributed by atoms with Gasteiger partial charge < -0.3 is 15.0 Å². The van der Waals surface area contributed by atoms with E-state index in [9.17, 15) is 9.59 Å². The first-order valence-corrected chi connectivity index (χ1v) is 11.9. The van der Waals surface area contributed by atoms with E-state index in [4.69, 9.17) is 16.3 Å². The van der Waals surface area contributed by atoms with E-state index in [0.717, 1.165) is 34.8 Å². The minimum Gasteiger partial charge on any atom is -0.497 e. The van der Waals surface area contributed by atoms with E-state index in [2.05, 4.69) is 5.32 Å². The molecule has 2 amide bonds. The van der Waals surface area contributed by atoms with E-state index in [1.807, 2.05) is 55.5 Å². The predicted octanol–water partition coefficient (Wildman–Crippen LogP) is 5.16. The van der Waals surface area contributed by atoms with Crippen molar-refractivity contribution in [1.29, 1.82) is 0 Å². The largest absolute Gasteiger partial charge is 0.497 e. The van der Waals surface area contributed by atoms with Crippen molar-refractivity contribution in [2.45, 2.75) is 50.6 Å². The number of thioether (sulfide) groups is 1. The van der Waals surface area contributed by atoms with Gasteiger partial charge in [0, 0.05) is 29.4 Å².